The summed E-state index contributed by atoms with van der Waals surface area (Å²) in [5, 5.41) is 0. The minimum absolute atomic E-state index is 0.293. The van der Waals surface area contributed by atoms with Crippen LogP contribution in [-0.2, 0) is 10.0 Å². The molecule has 2 heterocycles. The van der Waals surface area contributed by atoms with E-state index in [0.717, 1.165) is 9.35 Å². The lowest BCUT2D eigenvalue weighted by atomic mass is 10.1. The quantitative estimate of drug-likeness (QED) is 0.925. The van der Waals surface area contributed by atoms with E-state index >= 15 is 0 Å². The Bertz CT molecular complexity index is 626. The van der Waals surface area contributed by atoms with Crippen LogP contribution in [0.2, 0.25) is 0 Å². The van der Waals surface area contributed by atoms with E-state index in [2.05, 4.69) is 25.6 Å². The molecule has 0 aromatic carbocycles. The van der Waals surface area contributed by atoms with Gasteiger partial charge in [-0.3, -0.25) is 4.98 Å². The van der Waals surface area contributed by atoms with Gasteiger partial charge in [-0.25, -0.2) is 13.1 Å². The molecule has 0 amide bonds. The van der Waals surface area contributed by atoms with E-state index in [1.807, 2.05) is 0 Å². The second kappa shape index (κ2) is 5.48. The molecule has 4 nitrogen and oxygen atoms in total. The number of halogens is 1. The lowest BCUT2D eigenvalue weighted by molar-refractivity contribution is 0.569. The molecule has 18 heavy (non-hydrogen) atoms. The molecule has 0 aliphatic heterocycles. The summed E-state index contributed by atoms with van der Waals surface area (Å²) < 4.78 is 27.9. The molecule has 1 atom stereocenters. The molecule has 2 rings (SSSR count). The van der Waals surface area contributed by atoms with E-state index in [-0.39, 0.29) is 6.04 Å². The molecule has 0 aliphatic rings. The van der Waals surface area contributed by atoms with Crippen molar-refractivity contribution in [1.82, 2.24) is 9.71 Å². The van der Waals surface area contributed by atoms with Gasteiger partial charge in [-0.15, -0.1) is 11.3 Å². The summed E-state index contributed by atoms with van der Waals surface area (Å²) in [5.74, 6) is 0. The van der Waals surface area contributed by atoms with Gasteiger partial charge in [-0.1, -0.05) is 0 Å². The van der Waals surface area contributed by atoms with Crippen LogP contribution in [0.3, 0.4) is 0 Å². The smallest absolute Gasteiger partial charge is 0.250 e. The summed E-state index contributed by atoms with van der Waals surface area (Å²) in [4.78, 5) is 3.90. The van der Waals surface area contributed by atoms with Gasteiger partial charge in [0.1, 0.15) is 4.21 Å². The van der Waals surface area contributed by atoms with E-state index in [9.17, 15) is 8.42 Å². The molecule has 0 aliphatic carbocycles. The Kier molecular flexibility index (Phi) is 4.16. The van der Waals surface area contributed by atoms with Crippen LogP contribution in [0.15, 0.2) is 44.7 Å². The van der Waals surface area contributed by atoms with Crippen LogP contribution >= 0.6 is 27.3 Å². The van der Waals surface area contributed by atoms with Crippen molar-refractivity contribution in [3.63, 3.8) is 0 Å². The zero-order valence-electron chi connectivity index (χ0n) is 9.50. The van der Waals surface area contributed by atoms with Crippen LogP contribution in [-0.4, -0.2) is 13.4 Å². The fourth-order valence-electron chi connectivity index (χ4n) is 1.45. The Morgan fingerprint density at radius 3 is 2.50 bits per heavy atom. The van der Waals surface area contributed by atoms with E-state index < -0.39 is 10.0 Å². The summed E-state index contributed by atoms with van der Waals surface area (Å²) in [5.41, 5.74) is 0.879. The lowest BCUT2D eigenvalue weighted by Gasteiger charge is -2.13. The molecule has 1 N–H and O–H groups in total. The number of nitrogens with one attached hydrogen (secondary N) is 1. The number of hydrogen-bond donors (Lipinski definition) is 1. The maximum Gasteiger partial charge on any atom is 0.250 e. The van der Waals surface area contributed by atoms with E-state index in [1.54, 1.807) is 43.6 Å². The van der Waals surface area contributed by atoms with Crippen molar-refractivity contribution in [3.8, 4) is 0 Å². The Hall–Kier alpha value is -0.760. The number of thiophene rings is 1. The number of sulfonamides is 1. The Morgan fingerprint density at radius 2 is 1.94 bits per heavy atom. The summed E-state index contributed by atoms with van der Waals surface area (Å²) in [6, 6.07) is 6.58. The SMILES string of the molecule is CC(NS(=O)(=O)c1ccc(Br)s1)c1ccncc1. The van der Waals surface area contributed by atoms with Gasteiger partial charge < -0.3 is 0 Å². The predicted molar refractivity (Wildman–Crippen MR) is 75.0 cm³/mol. The van der Waals surface area contributed by atoms with Crippen LogP contribution in [0.4, 0.5) is 0 Å². The summed E-state index contributed by atoms with van der Waals surface area (Å²) in [7, 11) is -3.47. The highest BCUT2D eigenvalue weighted by atomic mass is 79.9. The Balaban J connectivity index is 2.19. The molecule has 0 spiro atoms. The molecule has 0 saturated carbocycles. The van der Waals surface area contributed by atoms with Gasteiger partial charge in [-0.2, -0.15) is 0 Å². The number of rotatable bonds is 4. The average molecular weight is 347 g/mol. The second-order valence-corrected chi connectivity index (χ2v) is 8.09. The Morgan fingerprint density at radius 1 is 1.28 bits per heavy atom. The van der Waals surface area contributed by atoms with Crippen LogP contribution in [0.5, 0.6) is 0 Å². The van der Waals surface area contributed by atoms with E-state index in [1.165, 1.54) is 11.3 Å². The summed E-state index contributed by atoms with van der Waals surface area (Å²) in [6.45, 7) is 1.80. The lowest BCUT2D eigenvalue weighted by Crippen LogP contribution is -2.26. The molecular weight excluding hydrogens is 336 g/mol. The van der Waals surface area contributed by atoms with Gasteiger partial charge in [0.15, 0.2) is 0 Å². The minimum atomic E-state index is -3.47. The fraction of sp³-hybridized carbons (Fsp3) is 0.182. The highest BCUT2D eigenvalue weighted by Crippen LogP contribution is 2.27. The topological polar surface area (TPSA) is 59.1 Å². The van der Waals surface area contributed by atoms with Crippen LogP contribution < -0.4 is 4.72 Å². The van der Waals surface area contributed by atoms with Crippen molar-refractivity contribution in [2.45, 2.75) is 17.2 Å². The third-order valence-electron chi connectivity index (χ3n) is 2.35. The zero-order chi connectivity index (χ0) is 13.2. The van der Waals surface area contributed by atoms with Gasteiger partial charge in [0.05, 0.1) is 3.79 Å². The first-order valence-electron chi connectivity index (χ1n) is 5.16. The van der Waals surface area contributed by atoms with Crippen LogP contribution in [0, 0.1) is 0 Å². The third-order valence-corrected chi connectivity index (χ3v) is 6.01. The number of aromatic nitrogens is 1. The molecule has 0 saturated heterocycles. The maximum absolute atomic E-state index is 12.1. The minimum Gasteiger partial charge on any atom is -0.265 e. The third kappa shape index (κ3) is 3.17. The summed E-state index contributed by atoms with van der Waals surface area (Å²) >= 11 is 4.44. The van der Waals surface area contributed by atoms with Crippen molar-refractivity contribution in [3.05, 3.63) is 46.0 Å². The van der Waals surface area contributed by atoms with E-state index in [0.29, 0.717) is 4.21 Å². The Labute approximate surface area is 118 Å². The van der Waals surface area contributed by atoms with Gasteiger partial charge in [0.2, 0.25) is 0 Å². The molecule has 0 bridgehead atoms. The maximum atomic E-state index is 12.1. The average Bonchev–Trinajstić information content (AvgIpc) is 2.77. The number of nitrogens with zero attached hydrogens (tertiary/aromatic N) is 1. The molecule has 0 radical (unpaired) electrons. The molecule has 96 valence electrons. The normalized spacial score (nSPS) is 13.4. The monoisotopic (exact) mass is 346 g/mol. The molecule has 1 unspecified atom stereocenters. The number of hydrogen-bond acceptors (Lipinski definition) is 4. The zero-order valence-corrected chi connectivity index (χ0v) is 12.7. The largest absolute Gasteiger partial charge is 0.265 e. The van der Waals surface area contributed by atoms with Crippen molar-refractivity contribution in [2.24, 2.45) is 0 Å². The highest BCUT2D eigenvalue weighted by molar-refractivity contribution is 9.11. The molecular formula is C11H11BrN2O2S2. The molecule has 2 aromatic rings. The van der Waals surface area contributed by atoms with Gasteiger partial charge in [0.25, 0.3) is 10.0 Å². The van der Waals surface area contributed by atoms with Crippen molar-refractivity contribution in [2.75, 3.05) is 0 Å². The number of pyridine rings is 1. The van der Waals surface area contributed by atoms with Gasteiger partial charge in [-0.05, 0) is 52.7 Å². The van der Waals surface area contributed by atoms with Crippen molar-refractivity contribution >= 4 is 37.3 Å². The van der Waals surface area contributed by atoms with Crippen LogP contribution in [0.1, 0.15) is 18.5 Å². The van der Waals surface area contributed by atoms with Gasteiger partial charge in [0, 0.05) is 18.4 Å². The first-order valence-corrected chi connectivity index (χ1v) is 8.26. The van der Waals surface area contributed by atoms with Gasteiger partial charge >= 0.3 is 0 Å². The second-order valence-electron chi connectivity index (χ2n) is 3.68. The highest BCUT2D eigenvalue weighted by Gasteiger charge is 2.19. The van der Waals surface area contributed by atoms with Crippen molar-refractivity contribution < 1.29 is 8.42 Å². The fourth-order valence-corrected chi connectivity index (χ4v) is 4.71. The predicted octanol–water partition coefficient (Wildman–Crippen LogP) is 2.95. The molecule has 0 fully saturated rings. The first kappa shape index (κ1) is 13.7. The first-order chi connectivity index (χ1) is 8.49. The van der Waals surface area contributed by atoms with Crippen LogP contribution in [0.25, 0.3) is 0 Å². The standard InChI is InChI=1S/C11H11BrN2O2S2/c1-8(9-4-6-13-7-5-9)14-18(15,16)11-3-2-10(12)17-11/h2-8,14H,1H3. The molecule has 7 heteroatoms. The van der Waals surface area contributed by atoms with Crippen molar-refractivity contribution in [1.29, 1.82) is 0 Å². The summed E-state index contributed by atoms with van der Waals surface area (Å²) in [6.07, 6.45) is 3.28. The molecule has 2 aromatic heterocycles. The van der Waals surface area contributed by atoms with E-state index in [4.69, 9.17) is 0 Å².